The minimum Gasteiger partial charge on any atom is -0.480 e. The van der Waals surface area contributed by atoms with Gasteiger partial charge in [0.2, 0.25) is 0 Å². The first-order valence-electron chi connectivity index (χ1n) is 5.34. The molecule has 0 aromatic heterocycles. The Hall–Kier alpha value is -1.94. The number of carbonyl (C=O) groups is 1. The van der Waals surface area contributed by atoms with Crippen molar-refractivity contribution in [3.05, 3.63) is 35.6 Å². The molecule has 19 heavy (non-hydrogen) atoms. The molecule has 0 saturated heterocycles. The molecule has 1 aromatic carbocycles. The van der Waals surface area contributed by atoms with Crippen LogP contribution in [0.4, 0.5) is 4.39 Å². The Kier molecular flexibility index (Phi) is 2.86. The SMILES string of the molecule is CS(=O)(=O)[C@H]1[C@@H](c2ccc(F)cc2)[C@@]1(C#N)C(=O)O. The molecule has 0 radical (unpaired) electrons. The zero-order valence-corrected chi connectivity index (χ0v) is 10.7. The predicted molar refractivity (Wildman–Crippen MR) is 63.5 cm³/mol. The molecule has 0 bridgehead atoms. The number of nitriles is 1. The topological polar surface area (TPSA) is 95.2 Å². The van der Waals surface area contributed by atoms with Crippen molar-refractivity contribution in [2.45, 2.75) is 11.2 Å². The Balaban J connectivity index is 2.54. The molecule has 0 unspecified atom stereocenters. The lowest BCUT2D eigenvalue weighted by Crippen LogP contribution is -2.21. The summed E-state index contributed by atoms with van der Waals surface area (Å²) in [6, 6.07) is 6.43. The normalized spacial score (nSPS) is 29.5. The summed E-state index contributed by atoms with van der Waals surface area (Å²) in [5.41, 5.74) is -1.65. The van der Waals surface area contributed by atoms with E-state index in [2.05, 4.69) is 0 Å². The highest BCUT2D eigenvalue weighted by molar-refractivity contribution is 7.91. The number of nitrogens with zero attached hydrogens (tertiary/aromatic N) is 1. The van der Waals surface area contributed by atoms with E-state index in [0.717, 1.165) is 18.4 Å². The van der Waals surface area contributed by atoms with E-state index in [0.29, 0.717) is 5.56 Å². The van der Waals surface area contributed by atoms with E-state index in [1.54, 1.807) is 6.07 Å². The summed E-state index contributed by atoms with van der Waals surface area (Å²) in [5, 5.41) is 16.9. The zero-order valence-electron chi connectivity index (χ0n) is 9.87. The van der Waals surface area contributed by atoms with Crippen LogP contribution in [0.2, 0.25) is 0 Å². The highest BCUT2D eigenvalue weighted by Gasteiger charge is 2.76. The number of sulfone groups is 1. The van der Waals surface area contributed by atoms with Gasteiger partial charge in [0.05, 0.1) is 6.07 Å². The van der Waals surface area contributed by atoms with Gasteiger partial charge in [0.25, 0.3) is 0 Å². The molecule has 3 atom stereocenters. The Morgan fingerprint density at radius 2 is 1.95 bits per heavy atom. The lowest BCUT2D eigenvalue weighted by atomic mass is 10.0. The first-order valence-corrected chi connectivity index (χ1v) is 7.29. The minimum atomic E-state index is -3.70. The van der Waals surface area contributed by atoms with Gasteiger partial charge in [-0.25, -0.2) is 12.8 Å². The predicted octanol–water partition coefficient (Wildman–Crippen LogP) is 0.931. The van der Waals surface area contributed by atoms with Crippen molar-refractivity contribution in [2.24, 2.45) is 5.41 Å². The molecule has 100 valence electrons. The third kappa shape index (κ3) is 1.88. The van der Waals surface area contributed by atoms with Gasteiger partial charge in [-0.3, -0.25) is 4.79 Å². The molecular weight excluding hydrogens is 273 g/mol. The maximum Gasteiger partial charge on any atom is 0.326 e. The summed E-state index contributed by atoms with van der Waals surface area (Å²) in [4.78, 5) is 11.3. The third-order valence-electron chi connectivity index (χ3n) is 3.36. The first kappa shape index (κ1) is 13.5. The number of hydrogen-bond acceptors (Lipinski definition) is 4. The van der Waals surface area contributed by atoms with Gasteiger partial charge in [-0.05, 0) is 17.7 Å². The molecule has 5 nitrogen and oxygen atoms in total. The second-order valence-corrected chi connectivity index (χ2v) is 6.73. The van der Waals surface area contributed by atoms with Crippen LogP contribution in [-0.4, -0.2) is 31.0 Å². The number of carboxylic acid groups (broad SMARTS) is 1. The largest absolute Gasteiger partial charge is 0.480 e. The van der Waals surface area contributed by atoms with Crippen molar-refractivity contribution in [1.29, 1.82) is 5.26 Å². The summed E-state index contributed by atoms with van der Waals surface area (Å²) < 4.78 is 36.1. The van der Waals surface area contributed by atoms with Gasteiger partial charge in [-0.1, -0.05) is 12.1 Å². The fourth-order valence-electron chi connectivity index (χ4n) is 2.48. The van der Waals surface area contributed by atoms with Crippen LogP contribution in [0.3, 0.4) is 0 Å². The van der Waals surface area contributed by atoms with Gasteiger partial charge in [0.1, 0.15) is 11.1 Å². The Morgan fingerprint density at radius 3 is 2.26 bits per heavy atom. The van der Waals surface area contributed by atoms with Crippen molar-refractivity contribution in [2.75, 3.05) is 6.26 Å². The van der Waals surface area contributed by atoms with Crippen LogP contribution in [0.25, 0.3) is 0 Å². The first-order chi connectivity index (χ1) is 8.75. The van der Waals surface area contributed by atoms with E-state index in [4.69, 9.17) is 10.4 Å². The second kappa shape index (κ2) is 4.03. The summed E-state index contributed by atoms with van der Waals surface area (Å²) in [6.07, 6.45) is 0.899. The average molecular weight is 283 g/mol. The standard InChI is InChI=1S/C12H10FNO4S/c1-19(17,18)10-9(12(10,6-14)11(15)16)7-2-4-8(13)5-3-7/h2-5,9-10H,1H3,(H,15,16)/t9-,10+,12-/m1/s1. The molecule has 1 aliphatic carbocycles. The lowest BCUT2D eigenvalue weighted by Gasteiger charge is -2.01. The van der Waals surface area contributed by atoms with E-state index >= 15 is 0 Å². The maximum absolute atomic E-state index is 12.8. The summed E-state index contributed by atoms with van der Waals surface area (Å²) in [5.74, 6) is -2.96. The fraction of sp³-hybridized carbons (Fsp3) is 0.333. The number of halogens is 1. The molecule has 1 fully saturated rings. The number of benzene rings is 1. The molecule has 0 spiro atoms. The Bertz CT molecular complexity index is 677. The van der Waals surface area contributed by atoms with Crippen molar-refractivity contribution in [1.82, 2.24) is 0 Å². The third-order valence-corrected chi connectivity index (χ3v) is 4.93. The monoisotopic (exact) mass is 283 g/mol. The van der Waals surface area contributed by atoms with Crippen molar-refractivity contribution in [3.8, 4) is 6.07 Å². The number of carboxylic acids is 1. The number of aliphatic carboxylic acids is 1. The molecule has 0 heterocycles. The fourth-order valence-corrected chi connectivity index (χ4v) is 4.25. The lowest BCUT2D eigenvalue weighted by molar-refractivity contribution is -0.141. The maximum atomic E-state index is 12.8. The van der Waals surface area contributed by atoms with Gasteiger partial charge >= 0.3 is 5.97 Å². The molecule has 2 rings (SSSR count). The summed E-state index contributed by atoms with van der Waals surface area (Å²) >= 11 is 0. The highest BCUT2D eigenvalue weighted by Crippen LogP contribution is 2.62. The van der Waals surface area contributed by atoms with Gasteiger partial charge in [-0.2, -0.15) is 5.26 Å². The van der Waals surface area contributed by atoms with E-state index in [-0.39, 0.29) is 0 Å². The van der Waals surface area contributed by atoms with Crippen molar-refractivity contribution < 1.29 is 22.7 Å². The minimum absolute atomic E-state index is 0.334. The van der Waals surface area contributed by atoms with Crippen LogP contribution in [0, 0.1) is 22.6 Å². The molecule has 0 amide bonds. The smallest absolute Gasteiger partial charge is 0.326 e. The summed E-state index contributed by atoms with van der Waals surface area (Å²) in [7, 11) is -3.70. The van der Waals surface area contributed by atoms with E-state index in [9.17, 15) is 17.6 Å². The average Bonchev–Trinajstić information content (AvgIpc) is 3.00. The van der Waals surface area contributed by atoms with Crippen LogP contribution in [-0.2, 0) is 14.6 Å². The molecule has 1 aliphatic rings. The quantitative estimate of drug-likeness (QED) is 0.890. The van der Waals surface area contributed by atoms with E-state index in [1.165, 1.54) is 12.1 Å². The summed E-state index contributed by atoms with van der Waals surface area (Å²) in [6.45, 7) is 0. The Labute approximate surface area is 109 Å². The molecule has 0 aliphatic heterocycles. The van der Waals surface area contributed by atoms with Crippen LogP contribution in [0.1, 0.15) is 11.5 Å². The molecule has 1 saturated carbocycles. The van der Waals surface area contributed by atoms with Crippen LogP contribution < -0.4 is 0 Å². The molecule has 1 N–H and O–H groups in total. The molecular formula is C12H10FNO4S. The van der Waals surface area contributed by atoms with Gasteiger partial charge < -0.3 is 5.11 Å². The van der Waals surface area contributed by atoms with Crippen molar-refractivity contribution in [3.63, 3.8) is 0 Å². The number of rotatable bonds is 3. The molecule has 1 aromatic rings. The van der Waals surface area contributed by atoms with Crippen LogP contribution >= 0.6 is 0 Å². The Morgan fingerprint density at radius 1 is 1.42 bits per heavy atom. The number of hydrogen-bond donors (Lipinski definition) is 1. The zero-order chi connectivity index (χ0) is 14.4. The van der Waals surface area contributed by atoms with Gasteiger partial charge in [0, 0.05) is 12.2 Å². The second-order valence-electron chi connectivity index (χ2n) is 4.57. The van der Waals surface area contributed by atoms with E-state index < -0.39 is 38.2 Å². The molecule has 7 heteroatoms. The highest BCUT2D eigenvalue weighted by atomic mass is 32.2. The van der Waals surface area contributed by atoms with Crippen LogP contribution in [0.15, 0.2) is 24.3 Å². The van der Waals surface area contributed by atoms with Gasteiger partial charge in [-0.15, -0.1) is 0 Å². The van der Waals surface area contributed by atoms with E-state index in [1.807, 2.05) is 0 Å². The van der Waals surface area contributed by atoms with Crippen molar-refractivity contribution >= 4 is 15.8 Å². The van der Waals surface area contributed by atoms with Crippen LogP contribution in [0.5, 0.6) is 0 Å². The van der Waals surface area contributed by atoms with Gasteiger partial charge in [0.15, 0.2) is 15.3 Å².